The van der Waals surface area contributed by atoms with Crippen LogP contribution < -0.4 is 9.80 Å². The van der Waals surface area contributed by atoms with E-state index in [0.717, 1.165) is 34.1 Å². The number of hydrogen-bond donors (Lipinski definition) is 0. The molecule has 0 amide bonds. The largest absolute Gasteiger partial charge is 0.310 e. The standard InChI is InChI=1S/C73H48N2/c1-5-17-49(18-6-1)51-29-36-59(37-30-51)74(57-22-9-3-10-23-57)61-40-33-54-47-67-65-42-34-55-45-62(75(58-24-11-4-12-25-58)60-38-31-52(32-39-60)50-19-7-2-8-20-50)41-43-64(55)72(65)73(70(67)48-56(54)46-61)68-28-16-15-27-66(68)71-63-26-14-13-21-53(63)35-44-69(71)73/h1-48H. The highest BCUT2D eigenvalue weighted by molar-refractivity contribution is 6.11. The van der Waals surface area contributed by atoms with Crippen molar-refractivity contribution in [2.75, 3.05) is 9.80 Å². The lowest BCUT2D eigenvalue weighted by atomic mass is 9.69. The maximum atomic E-state index is 2.54. The Bertz CT molecular complexity index is 4320. The fraction of sp³-hybridized carbons (Fsp3) is 0.0137. The van der Waals surface area contributed by atoms with Crippen molar-refractivity contribution in [1.29, 1.82) is 0 Å². The zero-order valence-electron chi connectivity index (χ0n) is 41.1. The molecular weight excluding hydrogens is 905 g/mol. The first kappa shape index (κ1) is 42.9. The summed E-state index contributed by atoms with van der Waals surface area (Å²) >= 11 is 0. The highest BCUT2D eigenvalue weighted by atomic mass is 15.1. The van der Waals surface area contributed by atoms with Gasteiger partial charge >= 0.3 is 0 Å². The van der Waals surface area contributed by atoms with Crippen molar-refractivity contribution in [3.63, 3.8) is 0 Å². The van der Waals surface area contributed by atoms with Gasteiger partial charge in [-0.2, -0.15) is 0 Å². The molecule has 2 nitrogen and oxygen atoms in total. The summed E-state index contributed by atoms with van der Waals surface area (Å²) in [7, 11) is 0. The Hall–Kier alpha value is -9.76. The minimum absolute atomic E-state index is 0.593. The van der Waals surface area contributed by atoms with E-state index in [9.17, 15) is 0 Å². The molecule has 75 heavy (non-hydrogen) atoms. The molecule has 0 fully saturated rings. The molecule has 0 N–H and O–H groups in total. The number of benzene rings is 13. The minimum Gasteiger partial charge on any atom is -0.310 e. The smallest absolute Gasteiger partial charge is 0.0731 e. The van der Waals surface area contributed by atoms with E-state index in [1.807, 2.05) is 0 Å². The molecule has 0 heterocycles. The molecule has 2 aliphatic carbocycles. The average molecular weight is 953 g/mol. The van der Waals surface area contributed by atoms with E-state index in [2.05, 4.69) is 301 Å². The zero-order chi connectivity index (χ0) is 49.5. The van der Waals surface area contributed by atoms with Crippen LogP contribution in [0.5, 0.6) is 0 Å². The topological polar surface area (TPSA) is 6.48 Å². The van der Waals surface area contributed by atoms with E-state index in [1.165, 1.54) is 99.1 Å². The molecule has 1 spiro atoms. The molecule has 13 aromatic rings. The van der Waals surface area contributed by atoms with Crippen molar-refractivity contribution in [3.05, 3.63) is 313 Å². The molecule has 0 saturated carbocycles. The lowest BCUT2D eigenvalue weighted by Crippen LogP contribution is -2.26. The van der Waals surface area contributed by atoms with Gasteiger partial charge in [-0.1, -0.05) is 206 Å². The van der Waals surface area contributed by atoms with Gasteiger partial charge in [-0.3, -0.25) is 0 Å². The summed E-state index contributed by atoms with van der Waals surface area (Å²) in [5.74, 6) is 0. The van der Waals surface area contributed by atoms with E-state index < -0.39 is 5.41 Å². The predicted octanol–water partition coefficient (Wildman–Crippen LogP) is 19.8. The van der Waals surface area contributed by atoms with Gasteiger partial charge in [0.15, 0.2) is 0 Å². The number of fused-ring (bicyclic) bond motifs is 15. The Morgan fingerprint density at radius 3 is 1.35 bits per heavy atom. The molecule has 0 bridgehead atoms. The Kier molecular flexibility index (Phi) is 9.83. The quantitative estimate of drug-likeness (QED) is 0.150. The van der Waals surface area contributed by atoms with Gasteiger partial charge in [-0.15, -0.1) is 0 Å². The molecule has 2 aliphatic rings. The van der Waals surface area contributed by atoms with Gasteiger partial charge in [-0.25, -0.2) is 0 Å². The van der Waals surface area contributed by atoms with Gasteiger partial charge in [0.2, 0.25) is 0 Å². The lowest BCUT2D eigenvalue weighted by Gasteiger charge is -2.32. The molecule has 15 rings (SSSR count). The van der Waals surface area contributed by atoms with Crippen LogP contribution in [0.1, 0.15) is 22.3 Å². The van der Waals surface area contributed by atoms with Crippen molar-refractivity contribution in [3.8, 4) is 44.5 Å². The number of para-hydroxylation sites is 2. The molecule has 0 radical (unpaired) electrons. The van der Waals surface area contributed by atoms with Crippen LogP contribution in [-0.4, -0.2) is 0 Å². The Labute approximate surface area is 437 Å². The number of rotatable bonds is 8. The molecule has 1 atom stereocenters. The van der Waals surface area contributed by atoms with Crippen LogP contribution in [0.3, 0.4) is 0 Å². The van der Waals surface area contributed by atoms with Crippen LogP contribution in [0.4, 0.5) is 34.1 Å². The van der Waals surface area contributed by atoms with Gasteiger partial charge in [-0.05, 0) is 184 Å². The summed E-state index contributed by atoms with van der Waals surface area (Å²) in [4.78, 5) is 4.78. The van der Waals surface area contributed by atoms with Gasteiger partial charge in [0, 0.05) is 34.1 Å². The van der Waals surface area contributed by atoms with E-state index in [0.29, 0.717) is 0 Å². The first-order chi connectivity index (χ1) is 37.2. The van der Waals surface area contributed by atoms with Crippen LogP contribution >= 0.6 is 0 Å². The Morgan fingerprint density at radius 1 is 0.227 bits per heavy atom. The number of nitrogens with zero attached hydrogens (tertiary/aromatic N) is 2. The molecule has 2 heteroatoms. The fourth-order valence-electron chi connectivity index (χ4n) is 12.7. The van der Waals surface area contributed by atoms with Crippen molar-refractivity contribution in [1.82, 2.24) is 0 Å². The third kappa shape index (κ3) is 6.73. The average Bonchev–Trinajstić information content (AvgIpc) is 4.08. The summed E-state index contributed by atoms with van der Waals surface area (Å²) in [5.41, 5.74) is 21.4. The van der Waals surface area contributed by atoms with Crippen molar-refractivity contribution >= 4 is 66.4 Å². The predicted molar refractivity (Wildman–Crippen MR) is 315 cm³/mol. The van der Waals surface area contributed by atoms with Crippen LogP contribution in [0, 0.1) is 0 Å². The SMILES string of the molecule is c1ccc(-c2ccc(N(c3ccccc3)c3ccc4cc5c(cc4c3)C3(c4ccccc4-c4c3ccc3ccccc43)c3c-5ccc4cc(N(c5ccccc5)c5ccc(-c6ccccc6)cc5)ccc34)cc2)cc1. The summed E-state index contributed by atoms with van der Waals surface area (Å²) in [6.07, 6.45) is 0. The minimum atomic E-state index is -0.593. The fourth-order valence-corrected chi connectivity index (χ4v) is 12.7. The summed E-state index contributed by atoms with van der Waals surface area (Å²) in [5, 5.41) is 7.42. The molecule has 0 aromatic heterocycles. The maximum Gasteiger partial charge on any atom is 0.0731 e. The molecule has 0 saturated heterocycles. The molecule has 0 aliphatic heterocycles. The first-order valence-corrected chi connectivity index (χ1v) is 26.0. The molecule has 350 valence electrons. The van der Waals surface area contributed by atoms with Crippen molar-refractivity contribution < 1.29 is 0 Å². The second-order valence-electron chi connectivity index (χ2n) is 20.0. The molecule has 1 unspecified atom stereocenters. The zero-order valence-corrected chi connectivity index (χ0v) is 41.1. The van der Waals surface area contributed by atoms with Gasteiger partial charge in [0.1, 0.15) is 0 Å². The van der Waals surface area contributed by atoms with Crippen LogP contribution in [0.15, 0.2) is 291 Å². The third-order valence-electron chi connectivity index (χ3n) is 16.0. The normalized spacial score (nSPS) is 13.9. The second kappa shape index (κ2) is 17.2. The van der Waals surface area contributed by atoms with E-state index in [-0.39, 0.29) is 0 Å². The third-order valence-corrected chi connectivity index (χ3v) is 16.0. The van der Waals surface area contributed by atoms with Gasteiger partial charge in [0.05, 0.1) is 5.41 Å². The van der Waals surface area contributed by atoms with Crippen LogP contribution in [0.2, 0.25) is 0 Å². The maximum absolute atomic E-state index is 2.54. The van der Waals surface area contributed by atoms with E-state index in [1.54, 1.807) is 0 Å². The highest BCUT2D eigenvalue weighted by Crippen LogP contribution is 2.65. The molecule has 13 aromatic carbocycles. The monoisotopic (exact) mass is 952 g/mol. The van der Waals surface area contributed by atoms with E-state index in [4.69, 9.17) is 0 Å². The summed E-state index contributed by atoms with van der Waals surface area (Å²) in [6.45, 7) is 0. The van der Waals surface area contributed by atoms with Gasteiger partial charge in [0.25, 0.3) is 0 Å². The first-order valence-electron chi connectivity index (χ1n) is 26.0. The Morgan fingerprint density at radius 2 is 0.707 bits per heavy atom. The number of anilines is 6. The molecular formula is C73H48N2. The van der Waals surface area contributed by atoms with Crippen molar-refractivity contribution in [2.45, 2.75) is 5.41 Å². The highest BCUT2D eigenvalue weighted by Gasteiger charge is 2.53. The van der Waals surface area contributed by atoms with E-state index >= 15 is 0 Å². The van der Waals surface area contributed by atoms with Gasteiger partial charge < -0.3 is 9.80 Å². The summed E-state index contributed by atoms with van der Waals surface area (Å²) < 4.78 is 0. The van der Waals surface area contributed by atoms with Crippen LogP contribution in [0.25, 0.3) is 76.8 Å². The summed E-state index contributed by atoms with van der Waals surface area (Å²) in [6, 6.07) is 108. The van der Waals surface area contributed by atoms with Crippen LogP contribution in [-0.2, 0) is 5.41 Å². The second-order valence-corrected chi connectivity index (χ2v) is 20.0. The van der Waals surface area contributed by atoms with Crippen molar-refractivity contribution in [2.24, 2.45) is 0 Å². The lowest BCUT2D eigenvalue weighted by molar-refractivity contribution is 0.803. The number of hydrogen-bond acceptors (Lipinski definition) is 2. The Balaban J connectivity index is 0.939.